The van der Waals surface area contributed by atoms with E-state index in [0.717, 1.165) is 0 Å². The van der Waals surface area contributed by atoms with Crippen molar-refractivity contribution in [2.75, 3.05) is 10.6 Å². The number of amides is 2. The Morgan fingerprint density at radius 1 is 0.491 bits per heavy atom. The van der Waals surface area contributed by atoms with Gasteiger partial charge in [-0.2, -0.15) is 0 Å². The largest absolute Gasteiger partial charge is 0.505 e. The van der Waals surface area contributed by atoms with Gasteiger partial charge >= 0.3 is 0 Å². The molecule has 0 saturated heterocycles. The fourth-order valence-corrected chi connectivity index (χ4v) is 6.47. The van der Waals surface area contributed by atoms with Crippen molar-refractivity contribution < 1.29 is 19.8 Å². The maximum atomic E-state index is 13.6. The molecule has 7 aromatic rings. The van der Waals surface area contributed by atoms with Crippen LogP contribution in [0.15, 0.2) is 136 Å². The zero-order valence-electron chi connectivity index (χ0n) is 27.9. The predicted octanol–water partition coefficient (Wildman–Crippen LogP) is 14.0. The molecule has 0 aromatic heterocycles. The van der Waals surface area contributed by atoms with Crippen LogP contribution in [-0.2, 0) is 0 Å². The Morgan fingerprint density at radius 3 is 1.45 bits per heavy atom. The van der Waals surface area contributed by atoms with Crippen molar-refractivity contribution in [1.29, 1.82) is 0 Å². The summed E-state index contributed by atoms with van der Waals surface area (Å²) >= 11 is 31.3. The number of benzene rings is 7. The highest BCUT2D eigenvalue weighted by atomic mass is 35.5. The first kappa shape index (κ1) is 37.6. The maximum Gasteiger partial charge on any atom is 0.259 e. The van der Waals surface area contributed by atoms with Crippen LogP contribution in [0.25, 0.3) is 21.5 Å². The summed E-state index contributed by atoms with van der Waals surface area (Å²) in [6.07, 6.45) is 0. The summed E-state index contributed by atoms with van der Waals surface area (Å²) in [4.78, 5) is 27.2. The van der Waals surface area contributed by atoms with Gasteiger partial charge in [-0.15, -0.1) is 20.5 Å². The predicted molar refractivity (Wildman–Crippen MR) is 220 cm³/mol. The number of azo groups is 2. The summed E-state index contributed by atoms with van der Waals surface area (Å²) in [6, 6.07) is 30.9. The summed E-state index contributed by atoms with van der Waals surface area (Å²) in [5.74, 6) is -2.21. The van der Waals surface area contributed by atoms with Gasteiger partial charge < -0.3 is 20.8 Å². The minimum atomic E-state index is -0.694. The van der Waals surface area contributed by atoms with Crippen LogP contribution in [0.2, 0.25) is 25.1 Å². The lowest BCUT2D eigenvalue weighted by atomic mass is 10.0. The lowest BCUT2D eigenvalue weighted by molar-refractivity contribution is 0.101. The van der Waals surface area contributed by atoms with Crippen LogP contribution < -0.4 is 10.6 Å². The number of phenols is 2. The van der Waals surface area contributed by atoms with Crippen molar-refractivity contribution in [3.05, 3.63) is 152 Å². The number of phenolic OH excluding ortho intramolecular Hbond substituents is 2. The van der Waals surface area contributed by atoms with Crippen molar-refractivity contribution >= 4 is 125 Å². The molecule has 0 saturated carbocycles. The van der Waals surface area contributed by atoms with E-state index in [0.29, 0.717) is 41.6 Å². The lowest BCUT2D eigenvalue weighted by Gasteiger charge is -2.14. The summed E-state index contributed by atoms with van der Waals surface area (Å²) in [5.41, 5.74) is 0.880. The smallest absolute Gasteiger partial charge is 0.259 e. The van der Waals surface area contributed by atoms with Crippen molar-refractivity contribution in [3.8, 4) is 11.5 Å². The fourth-order valence-electron chi connectivity index (χ4n) is 5.60. The average molecular weight is 829 g/mol. The Labute approximate surface area is 337 Å². The molecule has 0 aliphatic carbocycles. The summed E-state index contributed by atoms with van der Waals surface area (Å²) in [6.45, 7) is 0. The molecule has 0 atom stereocenters. The summed E-state index contributed by atoms with van der Waals surface area (Å²) < 4.78 is 0. The molecule has 0 bridgehead atoms. The molecule has 0 spiro atoms. The second-order valence-corrected chi connectivity index (χ2v) is 14.0. The number of carbonyl (C=O) groups is 2. The quantitative estimate of drug-likeness (QED) is 0.113. The van der Waals surface area contributed by atoms with Gasteiger partial charge in [-0.25, -0.2) is 0 Å². The number of hydrogen-bond donors (Lipinski definition) is 4. The van der Waals surface area contributed by atoms with E-state index in [4.69, 9.17) is 58.0 Å². The molecule has 0 unspecified atom stereocenters. The first-order chi connectivity index (χ1) is 26.5. The number of carbonyl (C=O) groups excluding carboxylic acids is 2. The number of hydrogen-bond acceptors (Lipinski definition) is 8. The van der Waals surface area contributed by atoms with E-state index in [2.05, 4.69) is 31.1 Å². The molecular formula is C40H23Cl5N6O4. The molecule has 7 aromatic carbocycles. The second-order valence-electron chi connectivity index (χ2n) is 11.9. The van der Waals surface area contributed by atoms with E-state index in [1.54, 1.807) is 72.8 Å². The van der Waals surface area contributed by atoms with Gasteiger partial charge in [0.1, 0.15) is 22.7 Å². The number of aromatic hydroxyl groups is 2. The number of nitrogens with zero attached hydrogens (tertiary/aromatic N) is 4. The lowest BCUT2D eigenvalue weighted by Crippen LogP contribution is -2.14. The Kier molecular flexibility index (Phi) is 10.9. The minimum Gasteiger partial charge on any atom is -0.505 e. The Hall–Kier alpha value is -5.75. The molecule has 0 heterocycles. The van der Waals surface area contributed by atoms with Gasteiger partial charge in [-0.1, -0.05) is 107 Å². The standard InChI is InChI=1S/C40H23Cl5N6O4/c41-22-9-12-29(43)33(17-22)48-50-35-25-7-3-1-5-20(25)15-27(37(35)52)39(54)46-24-11-14-32(31(45)19-24)47-40(55)28-16-21-6-2-4-8-26(21)36(38(28)53)51-49-34-18-23(42)10-13-30(34)44/h1-19,52-53H,(H,46,54)(H,47,55). The molecule has 0 aliphatic rings. The van der Waals surface area contributed by atoms with E-state index in [9.17, 15) is 19.8 Å². The third kappa shape index (κ3) is 8.05. The third-order valence-corrected chi connectivity index (χ3v) is 9.71. The third-order valence-electron chi connectivity index (χ3n) is 8.29. The van der Waals surface area contributed by atoms with Crippen molar-refractivity contribution in [1.82, 2.24) is 0 Å². The highest BCUT2D eigenvalue weighted by Gasteiger charge is 2.22. The van der Waals surface area contributed by atoms with E-state index < -0.39 is 23.3 Å². The normalized spacial score (nSPS) is 11.5. The number of rotatable bonds is 8. The Morgan fingerprint density at radius 2 is 0.964 bits per heavy atom. The molecule has 4 N–H and O–H groups in total. The fraction of sp³-hybridized carbons (Fsp3) is 0. The minimum absolute atomic E-state index is 0.0401. The van der Waals surface area contributed by atoms with Crippen LogP contribution in [0.4, 0.5) is 34.1 Å². The molecule has 272 valence electrons. The van der Waals surface area contributed by atoms with Crippen LogP contribution >= 0.6 is 58.0 Å². The van der Waals surface area contributed by atoms with E-state index >= 15 is 0 Å². The molecule has 15 heteroatoms. The zero-order chi connectivity index (χ0) is 38.8. The van der Waals surface area contributed by atoms with Gasteiger partial charge in [0.25, 0.3) is 11.8 Å². The van der Waals surface area contributed by atoms with Gasteiger partial charge in [0.05, 0.1) is 31.9 Å². The average Bonchev–Trinajstić information content (AvgIpc) is 3.17. The van der Waals surface area contributed by atoms with E-state index in [-0.39, 0.29) is 50.3 Å². The van der Waals surface area contributed by atoms with Gasteiger partial charge in [0.2, 0.25) is 0 Å². The molecule has 2 amide bonds. The Balaban J connectivity index is 1.14. The van der Waals surface area contributed by atoms with E-state index in [1.165, 1.54) is 42.5 Å². The van der Waals surface area contributed by atoms with Crippen LogP contribution in [0.5, 0.6) is 11.5 Å². The molecular weight excluding hydrogens is 806 g/mol. The van der Waals surface area contributed by atoms with Crippen molar-refractivity contribution in [2.24, 2.45) is 20.5 Å². The molecule has 55 heavy (non-hydrogen) atoms. The number of fused-ring (bicyclic) bond motifs is 2. The first-order valence-electron chi connectivity index (χ1n) is 16.1. The highest BCUT2D eigenvalue weighted by molar-refractivity contribution is 6.36. The number of halogens is 5. The molecule has 7 rings (SSSR count). The SMILES string of the molecule is O=C(Nc1ccc(NC(=O)c2cc3ccccc3c(N=Nc3cc(Cl)ccc3Cl)c2O)c(Cl)c1)c1cc2ccccc2c(N=Nc2cc(Cl)ccc2Cl)c1O. The van der Waals surface area contributed by atoms with Crippen molar-refractivity contribution in [3.63, 3.8) is 0 Å². The second kappa shape index (κ2) is 15.9. The van der Waals surface area contributed by atoms with Crippen LogP contribution in [0.3, 0.4) is 0 Å². The number of nitrogens with one attached hydrogen (secondary N) is 2. The van der Waals surface area contributed by atoms with Gasteiger partial charge in [-0.3, -0.25) is 9.59 Å². The summed E-state index contributed by atoms with van der Waals surface area (Å²) in [7, 11) is 0. The first-order valence-corrected chi connectivity index (χ1v) is 18.0. The summed E-state index contributed by atoms with van der Waals surface area (Å²) in [5, 5.41) is 48.6. The van der Waals surface area contributed by atoms with Gasteiger partial charge in [0, 0.05) is 26.5 Å². The van der Waals surface area contributed by atoms with Gasteiger partial charge in [-0.05, 0) is 77.5 Å². The Bertz CT molecular complexity index is 2760. The molecule has 0 aliphatic heterocycles. The zero-order valence-corrected chi connectivity index (χ0v) is 31.6. The number of anilines is 2. The topological polar surface area (TPSA) is 148 Å². The van der Waals surface area contributed by atoms with Crippen molar-refractivity contribution in [2.45, 2.75) is 0 Å². The van der Waals surface area contributed by atoms with Crippen LogP contribution in [0.1, 0.15) is 20.7 Å². The van der Waals surface area contributed by atoms with E-state index in [1.807, 2.05) is 0 Å². The molecule has 0 radical (unpaired) electrons. The monoisotopic (exact) mass is 826 g/mol. The van der Waals surface area contributed by atoms with Crippen LogP contribution in [-0.4, -0.2) is 22.0 Å². The van der Waals surface area contributed by atoms with Crippen LogP contribution in [0, 0.1) is 0 Å². The highest BCUT2D eigenvalue weighted by Crippen LogP contribution is 2.42. The molecule has 0 fully saturated rings. The molecule has 10 nitrogen and oxygen atoms in total. The maximum absolute atomic E-state index is 13.6. The van der Waals surface area contributed by atoms with Gasteiger partial charge in [0.15, 0.2) is 11.5 Å².